The van der Waals surface area contributed by atoms with Crippen molar-refractivity contribution in [2.75, 3.05) is 7.11 Å². The second-order valence-electron chi connectivity index (χ2n) is 15.0. The van der Waals surface area contributed by atoms with Crippen LogP contribution in [0.5, 0.6) is 0 Å². The number of esters is 3. The summed E-state index contributed by atoms with van der Waals surface area (Å²) < 4.78 is 78.2. The van der Waals surface area contributed by atoms with Gasteiger partial charge in [-0.1, -0.05) is 52.9 Å². The van der Waals surface area contributed by atoms with Gasteiger partial charge in [-0.3, -0.25) is 9.59 Å². The number of halogens is 3. The van der Waals surface area contributed by atoms with Crippen molar-refractivity contribution in [2.45, 2.75) is 141 Å². The lowest BCUT2D eigenvalue weighted by molar-refractivity contribution is -0.381. The summed E-state index contributed by atoms with van der Waals surface area (Å²) in [6, 6.07) is 0.366. The number of hydrogen-bond donors (Lipinski definition) is 0. The van der Waals surface area contributed by atoms with E-state index in [0.29, 0.717) is 12.5 Å². The number of hydrogen-bond acceptors (Lipinski definition) is 9. The maximum atomic E-state index is 14.4. The predicted molar refractivity (Wildman–Crippen MR) is 164 cm³/mol. The lowest BCUT2D eigenvalue weighted by Gasteiger charge is -2.49. The van der Waals surface area contributed by atoms with Gasteiger partial charge in [-0.25, -0.2) is 4.79 Å². The molecule has 46 heavy (non-hydrogen) atoms. The summed E-state index contributed by atoms with van der Waals surface area (Å²) in [5, 5.41) is 0. The van der Waals surface area contributed by atoms with Crippen molar-refractivity contribution in [2.24, 2.45) is 29.1 Å². The molecule has 0 aromatic heterocycles. The Balaban J connectivity index is 1.51. The number of carbonyl (C=O) groups is 3. The van der Waals surface area contributed by atoms with Crippen LogP contribution in [-0.4, -0.2) is 76.0 Å². The Kier molecular flexibility index (Phi) is 11.1. The molecule has 4 aliphatic rings. The van der Waals surface area contributed by atoms with Crippen molar-refractivity contribution in [3.8, 4) is 0 Å². The Labute approximate surface area is 271 Å². The van der Waals surface area contributed by atoms with Crippen molar-refractivity contribution in [3.63, 3.8) is 0 Å². The number of carbonyl (C=O) groups excluding carboxylic acids is 3. The largest absolute Gasteiger partial charge is 0.457 e. The van der Waals surface area contributed by atoms with Crippen LogP contribution in [0.15, 0.2) is 12.2 Å². The lowest BCUT2D eigenvalue weighted by Crippen LogP contribution is -2.56. The number of methoxy groups -OCH3 is 1. The smallest absolute Gasteiger partial charge is 0.432 e. The van der Waals surface area contributed by atoms with Gasteiger partial charge in [0, 0.05) is 41.6 Å². The van der Waals surface area contributed by atoms with Gasteiger partial charge >= 0.3 is 24.1 Å². The van der Waals surface area contributed by atoms with Gasteiger partial charge in [0.05, 0.1) is 11.3 Å². The van der Waals surface area contributed by atoms with E-state index in [4.69, 9.17) is 28.4 Å². The third-order valence-corrected chi connectivity index (χ3v) is 11.7. The third kappa shape index (κ3) is 7.68. The van der Waals surface area contributed by atoms with E-state index >= 15 is 0 Å². The minimum Gasteiger partial charge on any atom is -0.457 e. The summed E-state index contributed by atoms with van der Waals surface area (Å²) in [4.78, 5) is 39.5. The Hall–Kier alpha value is -1.96. The standard InChI is InChI=1S/C33H51F3O9Si/c1-19(2)17-30(5,20(3)4)29(39)42-25-15-23(41-28(25)38)24-16-26(40-6)44-32(43-24)12-10-22-21(18-32)9-11-31(33(34,35)36,45-27(22)37)13-14-46(7)8/h9,11,19-26,46H,10,12-18H2,1-8H3/t21?,22?,23-,24?,25?,26?,30?,31?,32?/m1/s1. The van der Waals surface area contributed by atoms with Gasteiger partial charge in [0.1, 0.15) is 12.2 Å². The monoisotopic (exact) mass is 676 g/mol. The normalized spacial score (nSPS) is 36.4. The summed E-state index contributed by atoms with van der Waals surface area (Å²) in [6.45, 7) is 13.7. The molecular weight excluding hydrogens is 625 g/mol. The fourth-order valence-corrected chi connectivity index (χ4v) is 8.18. The second kappa shape index (κ2) is 13.9. The molecule has 13 heteroatoms. The first kappa shape index (κ1) is 36.9. The fourth-order valence-electron chi connectivity index (χ4n) is 7.17. The van der Waals surface area contributed by atoms with Crippen LogP contribution < -0.4 is 0 Å². The van der Waals surface area contributed by atoms with Gasteiger partial charge in [-0.15, -0.1) is 0 Å². The predicted octanol–water partition coefficient (Wildman–Crippen LogP) is 6.10. The average Bonchev–Trinajstić information content (AvgIpc) is 3.25. The molecule has 3 fully saturated rings. The van der Waals surface area contributed by atoms with Crippen LogP contribution in [0.1, 0.15) is 79.6 Å². The molecule has 9 nitrogen and oxygen atoms in total. The van der Waals surface area contributed by atoms with Crippen LogP contribution in [0.4, 0.5) is 13.2 Å². The molecule has 2 saturated heterocycles. The molecule has 0 bridgehead atoms. The zero-order valence-electron chi connectivity index (χ0n) is 28.3. The molecule has 3 aliphatic heterocycles. The Bertz CT molecular complexity index is 1160. The SMILES string of the molecule is COC1CC([C@H]2CC(OC(=O)C(C)(CC(C)C)C(C)C)C(=O)O2)OC2(CCC3C(=O)OC(CC[SiH](C)C)(C(F)(F)F)C=CC3C2)O1. The molecule has 8 unspecified atom stereocenters. The summed E-state index contributed by atoms with van der Waals surface area (Å²) in [7, 11) is 0.107. The highest BCUT2D eigenvalue weighted by atomic mass is 28.3. The van der Waals surface area contributed by atoms with Gasteiger partial charge < -0.3 is 28.4 Å². The average molecular weight is 677 g/mol. The molecule has 0 aromatic rings. The highest BCUT2D eigenvalue weighted by Gasteiger charge is 2.60. The van der Waals surface area contributed by atoms with Crippen molar-refractivity contribution in [1.29, 1.82) is 0 Å². The summed E-state index contributed by atoms with van der Waals surface area (Å²) in [5.41, 5.74) is -3.44. The van der Waals surface area contributed by atoms with E-state index in [1.807, 2.05) is 47.7 Å². The molecule has 9 atom stereocenters. The van der Waals surface area contributed by atoms with E-state index in [-0.39, 0.29) is 50.4 Å². The van der Waals surface area contributed by atoms with Crippen LogP contribution in [0, 0.1) is 29.1 Å². The Morgan fingerprint density at radius 1 is 1.09 bits per heavy atom. The van der Waals surface area contributed by atoms with Gasteiger partial charge in [0.2, 0.25) is 11.7 Å². The highest BCUT2D eigenvalue weighted by molar-refractivity contribution is 6.55. The first-order valence-corrected chi connectivity index (χ1v) is 19.7. The number of rotatable bonds is 10. The first-order chi connectivity index (χ1) is 21.3. The third-order valence-electron chi connectivity index (χ3n) is 10.3. The molecule has 1 aliphatic carbocycles. The molecule has 0 radical (unpaired) electrons. The summed E-state index contributed by atoms with van der Waals surface area (Å²) in [6.07, 6.45) is -4.53. The molecule has 1 spiro atoms. The molecule has 0 N–H and O–H groups in total. The van der Waals surface area contributed by atoms with Gasteiger partial charge in [0.15, 0.2) is 12.1 Å². The van der Waals surface area contributed by atoms with Crippen molar-refractivity contribution < 1.29 is 56.0 Å². The molecule has 4 rings (SSSR count). The fraction of sp³-hybridized carbons (Fsp3) is 0.848. The number of alkyl halides is 3. The van der Waals surface area contributed by atoms with Crippen LogP contribution >= 0.6 is 0 Å². The van der Waals surface area contributed by atoms with E-state index in [1.165, 1.54) is 13.2 Å². The van der Waals surface area contributed by atoms with Crippen LogP contribution in [0.3, 0.4) is 0 Å². The summed E-state index contributed by atoms with van der Waals surface area (Å²) >= 11 is 0. The van der Waals surface area contributed by atoms with Crippen LogP contribution in [0.2, 0.25) is 19.1 Å². The number of ether oxygens (including phenoxy) is 6. The van der Waals surface area contributed by atoms with Crippen molar-refractivity contribution >= 4 is 26.7 Å². The molecule has 0 amide bonds. The maximum Gasteiger partial charge on any atom is 0.432 e. The van der Waals surface area contributed by atoms with Gasteiger partial charge in [-0.2, -0.15) is 13.2 Å². The topological polar surface area (TPSA) is 107 Å². The van der Waals surface area contributed by atoms with Crippen molar-refractivity contribution in [1.82, 2.24) is 0 Å². The molecular formula is C33H51F3O9Si. The molecule has 262 valence electrons. The second-order valence-corrected chi connectivity index (χ2v) is 18.3. The minimum atomic E-state index is -4.76. The van der Waals surface area contributed by atoms with E-state index in [1.54, 1.807) is 0 Å². The summed E-state index contributed by atoms with van der Waals surface area (Å²) in [5.74, 6) is -4.46. The highest BCUT2D eigenvalue weighted by Crippen LogP contribution is 2.50. The maximum absolute atomic E-state index is 14.4. The van der Waals surface area contributed by atoms with Gasteiger partial charge in [0.25, 0.3) is 0 Å². The van der Waals surface area contributed by atoms with Crippen molar-refractivity contribution in [3.05, 3.63) is 12.2 Å². The number of allylic oxidation sites excluding steroid dienone is 1. The molecule has 0 aromatic carbocycles. The zero-order chi connectivity index (χ0) is 34.2. The minimum absolute atomic E-state index is 0.0134. The quantitative estimate of drug-likeness (QED) is 0.117. The Morgan fingerprint density at radius 2 is 1.78 bits per heavy atom. The number of fused-ring (bicyclic) bond motifs is 1. The molecule has 1 saturated carbocycles. The lowest BCUT2D eigenvalue weighted by atomic mass is 9.73. The Morgan fingerprint density at radius 3 is 2.37 bits per heavy atom. The number of cyclic esters (lactones) is 2. The molecule has 3 heterocycles. The van der Waals surface area contributed by atoms with E-state index in [2.05, 4.69) is 0 Å². The van der Waals surface area contributed by atoms with E-state index in [0.717, 1.165) is 6.08 Å². The first-order valence-electron chi connectivity index (χ1n) is 16.6. The van der Waals surface area contributed by atoms with Crippen LogP contribution in [-0.2, 0) is 42.8 Å². The van der Waals surface area contributed by atoms with E-state index < -0.39 is 86.1 Å². The van der Waals surface area contributed by atoms with E-state index in [9.17, 15) is 27.6 Å². The van der Waals surface area contributed by atoms with Gasteiger partial charge in [-0.05, 0) is 50.0 Å². The van der Waals surface area contributed by atoms with Crippen LogP contribution in [0.25, 0.3) is 0 Å². The zero-order valence-corrected chi connectivity index (χ0v) is 29.5.